The Morgan fingerprint density at radius 2 is 1.82 bits per heavy atom. The minimum absolute atomic E-state index is 0.111. The Morgan fingerprint density at radius 1 is 1.08 bits per heavy atom. The maximum Gasteiger partial charge on any atom is 0.249 e. The van der Waals surface area contributed by atoms with Gasteiger partial charge in [0.1, 0.15) is 6.04 Å². The highest BCUT2D eigenvalue weighted by molar-refractivity contribution is 6.00. The van der Waals surface area contributed by atoms with Crippen molar-refractivity contribution >= 4 is 29.1 Å². The van der Waals surface area contributed by atoms with E-state index in [1.807, 2.05) is 48.5 Å². The molecule has 0 aliphatic carbocycles. The summed E-state index contributed by atoms with van der Waals surface area (Å²) in [5.74, 6) is 0.354. The highest BCUT2D eigenvalue weighted by Crippen LogP contribution is 2.32. The number of carbonyl (C=O) groups excluding carboxylic acids is 2. The molecule has 0 fully saturated rings. The van der Waals surface area contributed by atoms with E-state index in [9.17, 15) is 9.59 Å². The largest absolute Gasteiger partial charge is 0.344 e. The molecule has 1 aliphatic rings. The molecule has 0 saturated heterocycles. The summed E-state index contributed by atoms with van der Waals surface area (Å²) in [4.78, 5) is 35.5. The van der Waals surface area contributed by atoms with Crippen LogP contribution in [0.5, 0.6) is 0 Å². The number of rotatable bonds is 8. The molecule has 200 valence electrons. The van der Waals surface area contributed by atoms with Gasteiger partial charge in [-0.3, -0.25) is 9.59 Å². The summed E-state index contributed by atoms with van der Waals surface area (Å²) < 4.78 is 0. The monoisotopic (exact) mass is 522 g/mol. The molecular weight excluding hydrogens is 488 g/mol. The Balaban J connectivity index is 1.38. The molecule has 1 aliphatic heterocycles. The van der Waals surface area contributed by atoms with Gasteiger partial charge in [0.25, 0.3) is 0 Å². The van der Waals surface area contributed by atoms with E-state index in [1.165, 1.54) is 0 Å². The number of H-pyrrole nitrogens is 1. The average molecular weight is 523 g/mol. The van der Waals surface area contributed by atoms with Crippen molar-refractivity contribution in [2.75, 3.05) is 10.2 Å². The smallest absolute Gasteiger partial charge is 0.249 e. The Hall–Kier alpha value is -4.43. The van der Waals surface area contributed by atoms with Crippen LogP contribution in [0.25, 0.3) is 11.1 Å². The molecule has 3 aromatic carbocycles. The molecular formula is C31H34N6O2. The van der Waals surface area contributed by atoms with Gasteiger partial charge in [-0.1, -0.05) is 60.7 Å². The van der Waals surface area contributed by atoms with Gasteiger partial charge >= 0.3 is 0 Å². The predicted octanol–water partition coefficient (Wildman–Crippen LogP) is 4.91. The molecule has 2 amide bonds. The average Bonchev–Trinajstić information content (AvgIpc) is 3.38. The summed E-state index contributed by atoms with van der Waals surface area (Å²) in [7, 11) is 0. The van der Waals surface area contributed by atoms with Crippen molar-refractivity contribution in [3.05, 3.63) is 96.3 Å². The first-order valence-electron chi connectivity index (χ1n) is 13.2. The third-order valence-electron chi connectivity index (χ3n) is 6.78. The van der Waals surface area contributed by atoms with E-state index in [0.717, 1.165) is 33.6 Å². The maximum atomic E-state index is 13.8. The highest BCUT2D eigenvalue weighted by atomic mass is 16.2. The van der Waals surface area contributed by atoms with Crippen molar-refractivity contribution in [2.45, 2.75) is 51.2 Å². The third-order valence-corrected chi connectivity index (χ3v) is 6.78. The van der Waals surface area contributed by atoms with Gasteiger partial charge in [-0.25, -0.2) is 4.98 Å². The van der Waals surface area contributed by atoms with Gasteiger partial charge in [0.15, 0.2) is 0 Å². The van der Waals surface area contributed by atoms with Crippen LogP contribution in [0, 0.1) is 0 Å². The van der Waals surface area contributed by atoms with Crippen LogP contribution in [0.3, 0.4) is 0 Å². The molecule has 0 spiro atoms. The number of nitrogens with zero attached hydrogens (tertiary/aromatic N) is 2. The molecule has 0 radical (unpaired) electrons. The van der Waals surface area contributed by atoms with Gasteiger partial charge in [-0.15, -0.1) is 0 Å². The number of aryl methyl sites for hydroxylation is 1. The molecule has 39 heavy (non-hydrogen) atoms. The minimum Gasteiger partial charge on any atom is -0.344 e. The van der Waals surface area contributed by atoms with Crippen molar-refractivity contribution < 1.29 is 9.59 Å². The lowest BCUT2D eigenvalue weighted by molar-refractivity contribution is -0.128. The lowest BCUT2D eigenvalue weighted by Crippen LogP contribution is -2.49. The van der Waals surface area contributed by atoms with E-state index < -0.39 is 11.6 Å². The number of nitrogens with one attached hydrogen (secondary N) is 3. The number of aromatic nitrogens is 2. The second-order valence-electron chi connectivity index (χ2n) is 10.7. The van der Waals surface area contributed by atoms with Crippen molar-refractivity contribution in [3.8, 4) is 11.1 Å². The van der Waals surface area contributed by atoms with Gasteiger partial charge < -0.3 is 26.3 Å². The van der Waals surface area contributed by atoms with Crippen molar-refractivity contribution in [1.82, 2.24) is 15.3 Å². The second kappa shape index (κ2) is 11.1. The first-order valence-corrected chi connectivity index (χ1v) is 13.2. The molecule has 2 heterocycles. The highest BCUT2D eigenvalue weighted by Gasteiger charge is 2.32. The van der Waals surface area contributed by atoms with Crippen LogP contribution in [0.15, 0.2) is 85.2 Å². The quantitative estimate of drug-likeness (QED) is 0.262. The number of nitrogens with two attached hydrogens (primary N) is 1. The number of fused-ring (bicyclic) bond motifs is 1. The van der Waals surface area contributed by atoms with Crippen LogP contribution >= 0.6 is 0 Å². The van der Waals surface area contributed by atoms with Gasteiger partial charge in [-0.2, -0.15) is 0 Å². The summed E-state index contributed by atoms with van der Waals surface area (Å²) in [5, 5.41) is 6.27. The molecule has 8 nitrogen and oxygen atoms in total. The molecule has 0 saturated carbocycles. The van der Waals surface area contributed by atoms with E-state index in [4.69, 9.17) is 5.73 Å². The number of imidazole rings is 1. The molecule has 5 rings (SSSR count). The molecule has 4 aromatic rings. The summed E-state index contributed by atoms with van der Waals surface area (Å²) in [6.07, 6.45) is 4.88. The normalized spacial score (nSPS) is 15.4. The van der Waals surface area contributed by atoms with E-state index >= 15 is 0 Å². The number of carbonyl (C=O) groups is 2. The van der Waals surface area contributed by atoms with Crippen molar-refractivity contribution in [2.24, 2.45) is 5.73 Å². The van der Waals surface area contributed by atoms with Crippen LogP contribution in [-0.4, -0.2) is 33.4 Å². The Bertz CT molecular complexity index is 1440. The van der Waals surface area contributed by atoms with Gasteiger partial charge in [0, 0.05) is 41.3 Å². The lowest BCUT2D eigenvalue weighted by Gasteiger charge is -2.27. The maximum absolute atomic E-state index is 13.8. The fourth-order valence-electron chi connectivity index (χ4n) is 4.95. The molecule has 5 N–H and O–H groups in total. The number of anilines is 3. The first kappa shape index (κ1) is 26.2. The van der Waals surface area contributed by atoms with Crippen LogP contribution < -0.4 is 21.3 Å². The van der Waals surface area contributed by atoms with Crippen LogP contribution in [0.2, 0.25) is 0 Å². The number of hydrogen-bond donors (Lipinski definition) is 4. The summed E-state index contributed by atoms with van der Waals surface area (Å²) in [6, 6.07) is 23.6. The Kier molecular flexibility index (Phi) is 7.47. The molecule has 0 bridgehead atoms. The van der Waals surface area contributed by atoms with E-state index in [0.29, 0.717) is 25.3 Å². The van der Waals surface area contributed by atoms with Crippen molar-refractivity contribution in [1.29, 1.82) is 0 Å². The first-order chi connectivity index (χ1) is 18.8. The fourth-order valence-corrected chi connectivity index (χ4v) is 4.95. The number of benzene rings is 3. The summed E-state index contributed by atoms with van der Waals surface area (Å²) in [5.41, 5.74) is 11.4. The minimum atomic E-state index is -0.644. The fraction of sp³-hybridized carbons (Fsp3) is 0.258. The summed E-state index contributed by atoms with van der Waals surface area (Å²) in [6.45, 7) is 4.01. The predicted molar refractivity (Wildman–Crippen MR) is 155 cm³/mol. The van der Waals surface area contributed by atoms with Gasteiger partial charge in [0.05, 0.1) is 6.54 Å². The Labute approximate surface area is 228 Å². The third kappa shape index (κ3) is 6.35. The zero-order valence-corrected chi connectivity index (χ0v) is 22.3. The van der Waals surface area contributed by atoms with Gasteiger partial charge in [-0.05, 0) is 55.5 Å². The van der Waals surface area contributed by atoms with E-state index in [1.54, 1.807) is 31.1 Å². The molecule has 8 heteroatoms. The van der Waals surface area contributed by atoms with Crippen LogP contribution in [0.1, 0.15) is 37.8 Å². The van der Waals surface area contributed by atoms with E-state index in [-0.39, 0.29) is 18.2 Å². The standard InChI is InChI=1S/C31H34N6O2/c1-31(2,32)19-28(38)35-26-16-15-23-7-3-6-10-27(23)37(29(26)39)20-21-11-13-22(14-12-21)24-8-4-5-9-25(24)36-30-33-17-18-34-30/h3-14,17-18,26H,15-16,19-20,32H2,1-2H3,(H,35,38)(H2,33,34,36)/t26-/m1/s1. The Morgan fingerprint density at radius 3 is 2.56 bits per heavy atom. The second-order valence-corrected chi connectivity index (χ2v) is 10.7. The SMILES string of the molecule is CC(C)(N)CC(=O)N[C@@H]1CCc2ccccc2N(Cc2ccc(-c3ccccc3Nc3ncc[nH]3)cc2)C1=O. The van der Waals surface area contributed by atoms with Crippen LogP contribution in [0.4, 0.5) is 17.3 Å². The zero-order chi connectivity index (χ0) is 27.4. The van der Waals surface area contributed by atoms with Crippen molar-refractivity contribution in [3.63, 3.8) is 0 Å². The summed E-state index contributed by atoms with van der Waals surface area (Å²) >= 11 is 0. The lowest BCUT2D eigenvalue weighted by atomic mass is 10.0. The number of amides is 2. The number of aromatic amines is 1. The molecule has 1 atom stereocenters. The van der Waals surface area contributed by atoms with Crippen LogP contribution in [-0.2, 0) is 22.6 Å². The molecule has 1 aromatic heterocycles. The topological polar surface area (TPSA) is 116 Å². The molecule has 0 unspecified atom stereocenters. The number of hydrogen-bond acceptors (Lipinski definition) is 5. The van der Waals surface area contributed by atoms with E-state index in [2.05, 4.69) is 44.9 Å². The number of para-hydroxylation sites is 2. The zero-order valence-electron chi connectivity index (χ0n) is 22.3. The van der Waals surface area contributed by atoms with Gasteiger partial charge in [0.2, 0.25) is 17.8 Å².